The number of carbonyl (C=O) groups is 1. The summed E-state index contributed by atoms with van der Waals surface area (Å²) in [5.41, 5.74) is 0. The maximum absolute atomic E-state index is 12.2. The molecule has 0 spiro atoms. The number of aliphatic hydroxyl groups is 1. The summed E-state index contributed by atoms with van der Waals surface area (Å²) in [4.78, 5) is 12.2. The number of hydrogen-bond donors (Lipinski definition) is 1. The average Bonchev–Trinajstić information content (AvgIpc) is 3.15. The summed E-state index contributed by atoms with van der Waals surface area (Å²) < 4.78 is 11.1. The second kappa shape index (κ2) is 44.7. The largest absolute Gasteiger partial charge is 0.457 e. The summed E-state index contributed by atoms with van der Waals surface area (Å²) in [6.45, 7) is 5.19. The lowest BCUT2D eigenvalue weighted by Crippen LogP contribution is -2.27. The maximum atomic E-state index is 12.2. The number of ether oxygens (including phenoxy) is 2. The van der Waals surface area contributed by atoms with Crippen LogP contribution >= 0.6 is 0 Å². The van der Waals surface area contributed by atoms with Gasteiger partial charge in [0.25, 0.3) is 0 Å². The fourth-order valence-corrected chi connectivity index (χ4v) is 5.74. The van der Waals surface area contributed by atoms with Crippen molar-refractivity contribution in [2.75, 3.05) is 19.8 Å². The van der Waals surface area contributed by atoms with Gasteiger partial charge in [0, 0.05) is 13.0 Å². The van der Waals surface area contributed by atoms with Gasteiger partial charge in [-0.2, -0.15) is 0 Å². The highest BCUT2D eigenvalue weighted by atomic mass is 16.6. The van der Waals surface area contributed by atoms with Crippen molar-refractivity contribution in [1.29, 1.82) is 0 Å². The predicted octanol–water partition coefficient (Wildman–Crippen LogP) is 14.4. The lowest BCUT2D eigenvalue weighted by Gasteiger charge is -2.15. The Morgan fingerprint density at radius 2 is 0.865 bits per heavy atom. The molecule has 0 saturated carbocycles. The van der Waals surface area contributed by atoms with Gasteiger partial charge in [-0.15, -0.1) is 0 Å². The summed E-state index contributed by atoms with van der Waals surface area (Å²) in [6.07, 6.45) is 62.1. The Labute approximate surface area is 322 Å². The quantitative estimate of drug-likeness (QED) is 0.0390. The SMILES string of the molecule is CC/C=C\C/C=C\C/C=C\C/C=C\C/C=C\C/C=C\CCCCCCCCC(=O)OC(CO)COCCCCCCCC/C=C\CCCCCCC. The molecule has 1 atom stereocenters. The number of hydrogen-bond acceptors (Lipinski definition) is 4. The van der Waals surface area contributed by atoms with Crippen LogP contribution in [0.15, 0.2) is 85.1 Å². The molecule has 0 bridgehead atoms. The molecule has 0 aliphatic heterocycles. The molecule has 0 aromatic carbocycles. The number of unbranched alkanes of at least 4 members (excludes halogenated alkanes) is 17. The van der Waals surface area contributed by atoms with Gasteiger partial charge >= 0.3 is 5.97 Å². The minimum absolute atomic E-state index is 0.185. The van der Waals surface area contributed by atoms with Gasteiger partial charge in [0.2, 0.25) is 0 Å². The van der Waals surface area contributed by atoms with Crippen molar-refractivity contribution in [3.63, 3.8) is 0 Å². The Kier molecular flexibility index (Phi) is 42.6. The lowest BCUT2D eigenvalue weighted by atomic mass is 10.1. The number of rotatable bonds is 39. The van der Waals surface area contributed by atoms with E-state index in [0.29, 0.717) is 13.0 Å². The lowest BCUT2D eigenvalue weighted by molar-refractivity contribution is -0.154. The van der Waals surface area contributed by atoms with Crippen molar-refractivity contribution in [1.82, 2.24) is 0 Å². The summed E-state index contributed by atoms with van der Waals surface area (Å²) >= 11 is 0. The molecule has 0 fully saturated rings. The third-order valence-electron chi connectivity index (χ3n) is 8.95. The topological polar surface area (TPSA) is 55.8 Å². The normalized spacial score (nSPS) is 13.2. The Morgan fingerprint density at radius 3 is 1.33 bits per heavy atom. The molecule has 0 aliphatic carbocycles. The van der Waals surface area contributed by atoms with Gasteiger partial charge in [-0.3, -0.25) is 4.79 Å². The van der Waals surface area contributed by atoms with E-state index in [9.17, 15) is 9.90 Å². The molecule has 0 rings (SSSR count). The van der Waals surface area contributed by atoms with Crippen LogP contribution in [-0.2, 0) is 14.3 Å². The number of carbonyl (C=O) groups excluding carboxylic acids is 1. The average molecular weight is 723 g/mol. The van der Waals surface area contributed by atoms with Crippen molar-refractivity contribution in [2.45, 2.75) is 193 Å². The molecule has 1 unspecified atom stereocenters. The zero-order valence-corrected chi connectivity index (χ0v) is 34.0. The summed E-state index contributed by atoms with van der Waals surface area (Å²) in [5, 5.41) is 9.60. The minimum atomic E-state index is -0.550. The number of aliphatic hydroxyl groups excluding tert-OH is 1. The molecule has 4 heteroatoms. The first-order valence-corrected chi connectivity index (χ1v) is 21.7. The van der Waals surface area contributed by atoms with Crippen molar-refractivity contribution < 1.29 is 19.4 Å². The Hall–Kier alpha value is -2.43. The molecule has 0 aromatic rings. The first-order valence-electron chi connectivity index (χ1n) is 21.7. The van der Waals surface area contributed by atoms with Crippen LogP contribution in [0.2, 0.25) is 0 Å². The Morgan fingerprint density at radius 1 is 0.481 bits per heavy atom. The standard InChI is InChI=1S/C48H82O4/c1-3-5-7-9-11-13-15-17-19-20-21-22-23-24-25-26-27-28-29-31-33-35-37-39-41-43-48(50)52-47(45-49)46-51-44-42-40-38-36-34-32-30-18-16-14-12-10-8-6-4-2/h5,7,11,13,16-19,21-22,24-25,27-28,47,49H,3-4,6,8-10,12,14-15,20,23,26,29-46H2,1-2H3/b7-5-,13-11-,18-16-,19-17-,22-21-,25-24-,28-27-. The molecule has 52 heavy (non-hydrogen) atoms. The van der Waals surface area contributed by atoms with Gasteiger partial charge < -0.3 is 14.6 Å². The maximum Gasteiger partial charge on any atom is 0.306 e. The van der Waals surface area contributed by atoms with Crippen molar-refractivity contribution in [2.24, 2.45) is 0 Å². The monoisotopic (exact) mass is 723 g/mol. The second-order valence-corrected chi connectivity index (χ2v) is 14.0. The number of esters is 1. The fourth-order valence-electron chi connectivity index (χ4n) is 5.74. The van der Waals surface area contributed by atoms with Gasteiger partial charge in [0.15, 0.2) is 0 Å². The third kappa shape index (κ3) is 42.0. The molecule has 0 heterocycles. The summed E-state index contributed by atoms with van der Waals surface area (Å²) in [7, 11) is 0. The van der Waals surface area contributed by atoms with Crippen LogP contribution in [0.1, 0.15) is 187 Å². The Bertz CT molecular complexity index is 938. The molecule has 1 N–H and O–H groups in total. The van der Waals surface area contributed by atoms with E-state index in [0.717, 1.165) is 70.6 Å². The molecule has 0 aliphatic rings. The van der Waals surface area contributed by atoms with Crippen LogP contribution in [0.25, 0.3) is 0 Å². The second-order valence-electron chi connectivity index (χ2n) is 14.0. The highest BCUT2D eigenvalue weighted by Crippen LogP contribution is 2.12. The van der Waals surface area contributed by atoms with Crippen LogP contribution in [0.5, 0.6) is 0 Å². The summed E-state index contributed by atoms with van der Waals surface area (Å²) in [5.74, 6) is -0.220. The summed E-state index contributed by atoms with van der Waals surface area (Å²) in [6, 6.07) is 0. The zero-order chi connectivity index (χ0) is 37.7. The van der Waals surface area contributed by atoms with Gasteiger partial charge in [0.1, 0.15) is 6.10 Å². The van der Waals surface area contributed by atoms with E-state index in [2.05, 4.69) is 98.9 Å². The Balaban J connectivity index is 3.54. The van der Waals surface area contributed by atoms with E-state index in [1.165, 1.54) is 96.3 Å². The van der Waals surface area contributed by atoms with Crippen molar-refractivity contribution >= 4 is 5.97 Å². The van der Waals surface area contributed by atoms with E-state index < -0.39 is 6.10 Å². The fraction of sp³-hybridized carbons (Fsp3) is 0.688. The minimum Gasteiger partial charge on any atom is -0.457 e. The van der Waals surface area contributed by atoms with Crippen LogP contribution in [0.4, 0.5) is 0 Å². The smallest absolute Gasteiger partial charge is 0.306 e. The van der Waals surface area contributed by atoms with E-state index in [4.69, 9.17) is 9.47 Å². The van der Waals surface area contributed by atoms with Gasteiger partial charge in [-0.25, -0.2) is 0 Å². The number of allylic oxidation sites excluding steroid dienone is 14. The third-order valence-corrected chi connectivity index (χ3v) is 8.95. The molecule has 0 saturated heterocycles. The first kappa shape index (κ1) is 49.6. The van der Waals surface area contributed by atoms with Gasteiger partial charge in [-0.05, 0) is 89.9 Å². The highest BCUT2D eigenvalue weighted by Gasteiger charge is 2.13. The molecule has 0 amide bonds. The first-order chi connectivity index (χ1) is 25.7. The molecule has 4 nitrogen and oxygen atoms in total. The molecule has 298 valence electrons. The van der Waals surface area contributed by atoms with E-state index in [-0.39, 0.29) is 19.2 Å². The molecule has 0 radical (unpaired) electrons. The van der Waals surface area contributed by atoms with E-state index >= 15 is 0 Å². The van der Waals surface area contributed by atoms with Crippen LogP contribution in [0, 0.1) is 0 Å². The van der Waals surface area contributed by atoms with Crippen LogP contribution < -0.4 is 0 Å². The van der Waals surface area contributed by atoms with E-state index in [1.807, 2.05) is 0 Å². The molecular formula is C48H82O4. The van der Waals surface area contributed by atoms with Gasteiger partial charge in [0.05, 0.1) is 13.2 Å². The zero-order valence-electron chi connectivity index (χ0n) is 34.0. The van der Waals surface area contributed by atoms with Crippen molar-refractivity contribution in [3.8, 4) is 0 Å². The van der Waals surface area contributed by atoms with Gasteiger partial charge in [-0.1, -0.05) is 176 Å². The van der Waals surface area contributed by atoms with Crippen LogP contribution in [-0.4, -0.2) is 37.0 Å². The predicted molar refractivity (Wildman–Crippen MR) is 228 cm³/mol. The van der Waals surface area contributed by atoms with Crippen molar-refractivity contribution in [3.05, 3.63) is 85.1 Å². The van der Waals surface area contributed by atoms with Crippen LogP contribution in [0.3, 0.4) is 0 Å². The van der Waals surface area contributed by atoms with E-state index in [1.54, 1.807) is 0 Å². The molecule has 0 aromatic heterocycles. The molecular weight excluding hydrogens is 641 g/mol. The highest BCUT2D eigenvalue weighted by molar-refractivity contribution is 5.69.